The minimum atomic E-state index is -0.470. The summed E-state index contributed by atoms with van der Waals surface area (Å²) in [5.74, 6) is 0. The third-order valence-electron chi connectivity index (χ3n) is 3.63. The standard InChI is InChI=1S/C16H12Cl2N2O2/c1-9(10-2-4-11(17)5-3-10)20-15(21)13-7-6-12(18)8-14(13)19-16(20)22/h2-9H,1H3,(H,19,22)/t9-/m1/s1. The number of H-pyrrole nitrogens is 1. The Balaban J connectivity index is 2.22. The molecule has 2 aromatic carbocycles. The van der Waals surface area contributed by atoms with Crippen LogP contribution in [-0.4, -0.2) is 9.55 Å². The Bertz CT molecular complexity index is 959. The quantitative estimate of drug-likeness (QED) is 0.778. The van der Waals surface area contributed by atoms with Gasteiger partial charge in [0.2, 0.25) is 0 Å². The maximum Gasteiger partial charge on any atom is 0.329 e. The number of benzene rings is 2. The first-order chi connectivity index (χ1) is 10.5. The van der Waals surface area contributed by atoms with E-state index in [2.05, 4.69) is 4.98 Å². The molecule has 112 valence electrons. The van der Waals surface area contributed by atoms with Gasteiger partial charge in [0.15, 0.2) is 0 Å². The van der Waals surface area contributed by atoms with Gasteiger partial charge in [0.25, 0.3) is 5.56 Å². The highest BCUT2D eigenvalue weighted by atomic mass is 35.5. The first-order valence-corrected chi connectivity index (χ1v) is 7.42. The highest BCUT2D eigenvalue weighted by Gasteiger charge is 2.15. The van der Waals surface area contributed by atoms with Crippen molar-refractivity contribution < 1.29 is 0 Å². The summed E-state index contributed by atoms with van der Waals surface area (Å²) in [6.45, 7) is 1.79. The molecule has 0 radical (unpaired) electrons. The van der Waals surface area contributed by atoms with E-state index >= 15 is 0 Å². The lowest BCUT2D eigenvalue weighted by atomic mass is 10.1. The van der Waals surface area contributed by atoms with Crippen LogP contribution in [0.3, 0.4) is 0 Å². The molecule has 1 heterocycles. The SMILES string of the molecule is C[C@H](c1ccc(Cl)cc1)n1c(=O)[nH]c2cc(Cl)ccc2c1=O. The fraction of sp³-hybridized carbons (Fsp3) is 0.125. The van der Waals surface area contributed by atoms with Crippen molar-refractivity contribution in [2.45, 2.75) is 13.0 Å². The number of hydrogen-bond acceptors (Lipinski definition) is 2. The van der Waals surface area contributed by atoms with Crippen LogP contribution in [-0.2, 0) is 0 Å². The van der Waals surface area contributed by atoms with Gasteiger partial charge < -0.3 is 4.98 Å². The van der Waals surface area contributed by atoms with E-state index < -0.39 is 11.7 Å². The van der Waals surface area contributed by atoms with Crippen molar-refractivity contribution in [2.75, 3.05) is 0 Å². The molecule has 1 N–H and O–H groups in total. The van der Waals surface area contributed by atoms with Gasteiger partial charge >= 0.3 is 5.69 Å². The summed E-state index contributed by atoms with van der Waals surface area (Å²) in [4.78, 5) is 27.6. The zero-order valence-electron chi connectivity index (χ0n) is 11.6. The maximum absolute atomic E-state index is 12.6. The second-order valence-corrected chi connectivity index (χ2v) is 5.90. The van der Waals surface area contributed by atoms with Crippen LogP contribution >= 0.6 is 23.2 Å². The van der Waals surface area contributed by atoms with Gasteiger partial charge in [-0.05, 0) is 42.8 Å². The van der Waals surface area contributed by atoms with Crippen molar-refractivity contribution >= 4 is 34.1 Å². The molecule has 1 aromatic heterocycles. The van der Waals surface area contributed by atoms with Crippen molar-refractivity contribution in [3.05, 3.63) is 78.9 Å². The van der Waals surface area contributed by atoms with Crippen LogP contribution in [0.25, 0.3) is 10.9 Å². The van der Waals surface area contributed by atoms with E-state index in [0.29, 0.717) is 20.9 Å². The average Bonchev–Trinajstić information content (AvgIpc) is 2.47. The number of hydrogen-bond donors (Lipinski definition) is 1. The second-order valence-electron chi connectivity index (χ2n) is 5.02. The molecular formula is C16H12Cl2N2O2. The van der Waals surface area contributed by atoms with Gasteiger partial charge in [-0.15, -0.1) is 0 Å². The van der Waals surface area contributed by atoms with Crippen molar-refractivity contribution in [1.82, 2.24) is 9.55 Å². The first-order valence-electron chi connectivity index (χ1n) is 6.67. The molecule has 0 saturated heterocycles. The van der Waals surface area contributed by atoms with Crippen molar-refractivity contribution in [2.24, 2.45) is 0 Å². The zero-order valence-corrected chi connectivity index (χ0v) is 13.2. The molecule has 0 spiro atoms. The molecule has 4 nitrogen and oxygen atoms in total. The molecule has 0 saturated carbocycles. The third kappa shape index (κ3) is 2.56. The summed E-state index contributed by atoms with van der Waals surface area (Å²) in [5.41, 5.74) is 0.437. The number of nitrogens with one attached hydrogen (secondary N) is 1. The minimum Gasteiger partial charge on any atom is -0.307 e. The topological polar surface area (TPSA) is 54.9 Å². The fourth-order valence-electron chi connectivity index (χ4n) is 2.45. The first kappa shape index (κ1) is 14.9. The fourth-order valence-corrected chi connectivity index (χ4v) is 2.74. The van der Waals surface area contributed by atoms with Crippen LogP contribution < -0.4 is 11.2 Å². The molecule has 6 heteroatoms. The molecule has 3 aromatic rings. The highest BCUT2D eigenvalue weighted by Crippen LogP contribution is 2.19. The Hall–Kier alpha value is -2.04. The molecule has 0 aliphatic carbocycles. The lowest BCUT2D eigenvalue weighted by molar-refractivity contribution is 0.585. The Kier molecular flexibility index (Phi) is 3.81. The molecule has 0 amide bonds. The zero-order chi connectivity index (χ0) is 15.9. The molecule has 0 fully saturated rings. The Morgan fingerprint density at radius 1 is 1.00 bits per heavy atom. The van der Waals surface area contributed by atoms with Crippen LogP contribution in [0.1, 0.15) is 18.5 Å². The van der Waals surface area contributed by atoms with Gasteiger partial charge in [-0.25, -0.2) is 4.79 Å². The summed E-state index contributed by atoms with van der Waals surface area (Å²) in [7, 11) is 0. The highest BCUT2D eigenvalue weighted by molar-refractivity contribution is 6.31. The van der Waals surface area contributed by atoms with Gasteiger partial charge in [0.05, 0.1) is 16.9 Å². The van der Waals surface area contributed by atoms with Gasteiger partial charge in [-0.3, -0.25) is 9.36 Å². The normalized spacial score (nSPS) is 12.5. The molecular weight excluding hydrogens is 323 g/mol. The summed E-state index contributed by atoms with van der Waals surface area (Å²) in [6, 6.07) is 11.4. The molecule has 3 rings (SSSR count). The van der Waals surface area contributed by atoms with E-state index in [-0.39, 0.29) is 5.56 Å². The smallest absolute Gasteiger partial charge is 0.307 e. The van der Waals surface area contributed by atoms with E-state index in [1.165, 1.54) is 4.57 Å². The number of fused-ring (bicyclic) bond motifs is 1. The molecule has 22 heavy (non-hydrogen) atoms. The van der Waals surface area contributed by atoms with Crippen LogP contribution in [0.2, 0.25) is 10.0 Å². The minimum absolute atomic E-state index is 0.349. The Morgan fingerprint density at radius 3 is 2.32 bits per heavy atom. The van der Waals surface area contributed by atoms with Gasteiger partial charge in [0, 0.05) is 10.0 Å². The van der Waals surface area contributed by atoms with E-state index in [0.717, 1.165) is 5.56 Å². The second kappa shape index (κ2) is 5.63. The van der Waals surface area contributed by atoms with E-state index in [1.54, 1.807) is 49.4 Å². The molecule has 0 unspecified atom stereocenters. The monoisotopic (exact) mass is 334 g/mol. The largest absolute Gasteiger partial charge is 0.329 e. The summed E-state index contributed by atoms with van der Waals surface area (Å²) >= 11 is 11.8. The lowest BCUT2D eigenvalue weighted by Crippen LogP contribution is -2.37. The van der Waals surface area contributed by atoms with Crippen molar-refractivity contribution in [1.29, 1.82) is 0 Å². The number of rotatable bonds is 2. The van der Waals surface area contributed by atoms with Gasteiger partial charge in [0.1, 0.15) is 0 Å². The predicted octanol–water partition coefficient (Wildman–Crippen LogP) is 3.61. The number of nitrogens with zero attached hydrogens (tertiary/aromatic N) is 1. The van der Waals surface area contributed by atoms with Crippen LogP contribution in [0.15, 0.2) is 52.1 Å². The number of aromatic amines is 1. The van der Waals surface area contributed by atoms with Crippen LogP contribution in [0, 0.1) is 0 Å². The van der Waals surface area contributed by atoms with Gasteiger partial charge in [-0.2, -0.15) is 0 Å². The van der Waals surface area contributed by atoms with Crippen LogP contribution in [0.4, 0.5) is 0 Å². The maximum atomic E-state index is 12.6. The number of aromatic nitrogens is 2. The molecule has 0 aliphatic rings. The average molecular weight is 335 g/mol. The predicted molar refractivity (Wildman–Crippen MR) is 89.1 cm³/mol. The molecule has 1 atom stereocenters. The third-order valence-corrected chi connectivity index (χ3v) is 4.12. The van der Waals surface area contributed by atoms with Crippen molar-refractivity contribution in [3.63, 3.8) is 0 Å². The van der Waals surface area contributed by atoms with Crippen LogP contribution in [0.5, 0.6) is 0 Å². The van der Waals surface area contributed by atoms with E-state index in [1.807, 2.05) is 0 Å². The number of halogens is 2. The summed E-state index contributed by atoms with van der Waals surface area (Å²) in [5, 5.41) is 1.49. The van der Waals surface area contributed by atoms with Crippen molar-refractivity contribution in [3.8, 4) is 0 Å². The molecule has 0 bridgehead atoms. The lowest BCUT2D eigenvalue weighted by Gasteiger charge is -2.15. The molecule has 0 aliphatic heterocycles. The van der Waals surface area contributed by atoms with E-state index in [4.69, 9.17) is 23.2 Å². The summed E-state index contributed by atoms with van der Waals surface area (Å²) < 4.78 is 1.19. The van der Waals surface area contributed by atoms with E-state index in [9.17, 15) is 9.59 Å². The summed E-state index contributed by atoms with van der Waals surface area (Å²) in [6.07, 6.45) is 0. The Labute approximate surface area is 135 Å². The Morgan fingerprint density at radius 2 is 1.64 bits per heavy atom. The van der Waals surface area contributed by atoms with Gasteiger partial charge in [-0.1, -0.05) is 35.3 Å².